The first-order valence-corrected chi connectivity index (χ1v) is 11.6. The number of benzene rings is 2. The number of piperidine rings is 1. The standard InChI is InChI=1S/C27H33N3O/c1-27(2,3)20-13-22-21-11-17(9-10-28-26(31)18-7-5-4-6-8-18)15-29-23(21)12-19-16-30-24(14-20)25(19)22/h4-8,13-14,16-17,21,23,29-30H,9-12,15H2,1-3H3,(H,28,31)/t17?,21-,23-/m1/s1. The number of nitrogens with one attached hydrogen (secondary N) is 3. The summed E-state index contributed by atoms with van der Waals surface area (Å²) in [6.45, 7) is 8.64. The Labute approximate surface area is 184 Å². The summed E-state index contributed by atoms with van der Waals surface area (Å²) in [6, 6.07) is 14.8. The van der Waals surface area contributed by atoms with E-state index in [1.807, 2.05) is 30.3 Å². The molecule has 5 rings (SSSR count). The van der Waals surface area contributed by atoms with Crippen molar-refractivity contribution in [1.82, 2.24) is 15.6 Å². The Bertz CT molecular complexity index is 1090. The van der Waals surface area contributed by atoms with Crippen LogP contribution in [-0.2, 0) is 11.8 Å². The van der Waals surface area contributed by atoms with Gasteiger partial charge in [0, 0.05) is 41.2 Å². The van der Waals surface area contributed by atoms with Gasteiger partial charge in [0.1, 0.15) is 0 Å². The Kier molecular flexibility index (Phi) is 5.13. The van der Waals surface area contributed by atoms with E-state index < -0.39 is 0 Å². The zero-order valence-corrected chi connectivity index (χ0v) is 18.8. The van der Waals surface area contributed by atoms with Crippen LogP contribution in [0.4, 0.5) is 0 Å². The van der Waals surface area contributed by atoms with Crippen molar-refractivity contribution in [3.63, 3.8) is 0 Å². The number of carbonyl (C=O) groups excluding carboxylic acids is 1. The number of aromatic nitrogens is 1. The first kappa shape index (κ1) is 20.3. The molecule has 3 N–H and O–H groups in total. The quantitative estimate of drug-likeness (QED) is 0.567. The summed E-state index contributed by atoms with van der Waals surface area (Å²) in [5.74, 6) is 1.14. The van der Waals surface area contributed by atoms with E-state index in [0.29, 0.717) is 17.9 Å². The third kappa shape index (κ3) is 3.89. The maximum Gasteiger partial charge on any atom is 0.251 e. The molecule has 1 aliphatic heterocycles. The van der Waals surface area contributed by atoms with Gasteiger partial charge in [0.25, 0.3) is 5.91 Å². The van der Waals surface area contributed by atoms with E-state index >= 15 is 0 Å². The second-order valence-electron chi connectivity index (χ2n) is 10.4. The fourth-order valence-electron chi connectivity index (χ4n) is 5.42. The monoisotopic (exact) mass is 415 g/mol. The third-order valence-electron chi connectivity index (χ3n) is 7.21. The Morgan fingerprint density at radius 2 is 1.97 bits per heavy atom. The van der Waals surface area contributed by atoms with E-state index in [0.717, 1.165) is 31.5 Å². The number of H-pyrrole nitrogens is 1. The van der Waals surface area contributed by atoms with Crippen molar-refractivity contribution in [3.8, 4) is 0 Å². The van der Waals surface area contributed by atoms with Gasteiger partial charge >= 0.3 is 0 Å². The fraction of sp³-hybridized carbons (Fsp3) is 0.444. The summed E-state index contributed by atoms with van der Waals surface area (Å²) in [6.07, 6.45) is 5.51. The van der Waals surface area contributed by atoms with Gasteiger partial charge in [-0.05, 0) is 72.0 Å². The number of hydrogen-bond donors (Lipinski definition) is 3. The second-order valence-corrected chi connectivity index (χ2v) is 10.4. The van der Waals surface area contributed by atoms with Gasteiger partial charge in [0.15, 0.2) is 0 Å². The zero-order chi connectivity index (χ0) is 21.6. The molecule has 4 nitrogen and oxygen atoms in total. The Balaban J connectivity index is 1.31. The molecule has 1 aromatic heterocycles. The van der Waals surface area contributed by atoms with Gasteiger partial charge in [0.2, 0.25) is 0 Å². The summed E-state index contributed by atoms with van der Waals surface area (Å²) >= 11 is 0. The Hall–Kier alpha value is -2.59. The third-order valence-corrected chi connectivity index (χ3v) is 7.21. The molecule has 1 saturated heterocycles. The fourth-order valence-corrected chi connectivity index (χ4v) is 5.42. The molecule has 0 bridgehead atoms. The van der Waals surface area contributed by atoms with Crippen molar-refractivity contribution in [2.45, 2.75) is 57.4 Å². The molecule has 31 heavy (non-hydrogen) atoms. The van der Waals surface area contributed by atoms with Gasteiger partial charge in [-0.1, -0.05) is 45.0 Å². The number of hydrogen-bond acceptors (Lipinski definition) is 2. The molecule has 1 aliphatic carbocycles. The van der Waals surface area contributed by atoms with Crippen molar-refractivity contribution in [3.05, 3.63) is 70.9 Å². The van der Waals surface area contributed by atoms with Crippen molar-refractivity contribution < 1.29 is 4.79 Å². The molecule has 0 spiro atoms. The first-order valence-electron chi connectivity index (χ1n) is 11.6. The minimum atomic E-state index is 0.0245. The molecule has 2 heterocycles. The minimum absolute atomic E-state index is 0.0245. The molecule has 1 amide bonds. The molecule has 3 aromatic rings. The van der Waals surface area contributed by atoms with Crippen molar-refractivity contribution in [2.24, 2.45) is 5.92 Å². The van der Waals surface area contributed by atoms with Gasteiger partial charge in [-0.15, -0.1) is 0 Å². The van der Waals surface area contributed by atoms with Crippen LogP contribution >= 0.6 is 0 Å². The van der Waals surface area contributed by atoms with Crippen LogP contribution in [0.15, 0.2) is 48.7 Å². The molecule has 2 aromatic carbocycles. The minimum Gasteiger partial charge on any atom is -0.361 e. The summed E-state index contributed by atoms with van der Waals surface area (Å²) < 4.78 is 0. The molecule has 0 saturated carbocycles. The van der Waals surface area contributed by atoms with E-state index in [1.165, 1.54) is 34.0 Å². The number of aromatic amines is 1. The Morgan fingerprint density at radius 3 is 2.74 bits per heavy atom. The highest BCUT2D eigenvalue weighted by Gasteiger charge is 2.37. The van der Waals surface area contributed by atoms with Crippen molar-refractivity contribution in [2.75, 3.05) is 13.1 Å². The lowest BCUT2D eigenvalue weighted by atomic mass is 9.71. The SMILES string of the molecule is CC(C)(C)c1cc2c3c(c[nH]c3c1)C[C@H]1NCC(CCNC(=O)c3ccccc3)C[C@H]21. The molecule has 1 fully saturated rings. The van der Waals surface area contributed by atoms with Gasteiger partial charge < -0.3 is 15.6 Å². The average molecular weight is 416 g/mol. The van der Waals surface area contributed by atoms with Crippen LogP contribution < -0.4 is 10.6 Å². The zero-order valence-electron chi connectivity index (χ0n) is 18.8. The molecule has 1 unspecified atom stereocenters. The molecule has 0 radical (unpaired) electrons. The smallest absolute Gasteiger partial charge is 0.251 e. The highest BCUT2D eigenvalue weighted by Crippen LogP contribution is 2.44. The largest absolute Gasteiger partial charge is 0.361 e. The predicted octanol–water partition coefficient (Wildman–Crippen LogP) is 4.90. The van der Waals surface area contributed by atoms with Crippen LogP contribution in [0.3, 0.4) is 0 Å². The lowest BCUT2D eigenvalue weighted by Gasteiger charge is -2.41. The van der Waals surface area contributed by atoms with Crippen LogP contribution in [0.2, 0.25) is 0 Å². The van der Waals surface area contributed by atoms with Gasteiger partial charge in [-0.25, -0.2) is 0 Å². The normalized spacial score (nSPS) is 22.9. The van der Waals surface area contributed by atoms with Gasteiger partial charge in [-0.3, -0.25) is 4.79 Å². The van der Waals surface area contributed by atoms with Crippen LogP contribution in [0.1, 0.15) is 66.6 Å². The molecule has 4 heteroatoms. The van der Waals surface area contributed by atoms with Gasteiger partial charge in [0.05, 0.1) is 0 Å². The van der Waals surface area contributed by atoms with Gasteiger partial charge in [-0.2, -0.15) is 0 Å². The van der Waals surface area contributed by atoms with E-state index in [-0.39, 0.29) is 11.3 Å². The second kappa shape index (κ2) is 7.83. The molecule has 162 valence electrons. The molecular weight excluding hydrogens is 382 g/mol. The number of amides is 1. The predicted molar refractivity (Wildman–Crippen MR) is 127 cm³/mol. The highest BCUT2D eigenvalue weighted by atomic mass is 16.1. The maximum atomic E-state index is 12.4. The topological polar surface area (TPSA) is 56.9 Å². The lowest BCUT2D eigenvalue weighted by molar-refractivity contribution is 0.0949. The van der Waals surface area contributed by atoms with E-state index in [2.05, 4.69) is 54.7 Å². The summed E-state index contributed by atoms with van der Waals surface area (Å²) in [5, 5.41) is 8.41. The van der Waals surface area contributed by atoms with E-state index in [4.69, 9.17) is 0 Å². The van der Waals surface area contributed by atoms with Crippen LogP contribution in [0.25, 0.3) is 10.9 Å². The van der Waals surface area contributed by atoms with Crippen LogP contribution in [0, 0.1) is 5.92 Å². The molecular formula is C27H33N3O. The van der Waals surface area contributed by atoms with Crippen molar-refractivity contribution >= 4 is 16.8 Å². The van der Waals surface area contributed by atoms with E-state index in [9.17, 15) is 4.79 Å². The average Bonchev–Trinajstić information content (AvgIpc) is 3.17. The van der Waals surface area contributed by atoms with Crippen LogP contribution in [0.5, 0.6) is 0 Å². The lowest BCUT2D eigenvalue weighted by Crippen LogP contribution is -2.47. The van der Waals surface area contributed by atoms with Crippen molar-refractivity contribution in [1.29, 1.82) is 0 Å². The molecule has 2 aliphatic rings. The first-order chi connectivity index (χ1) is 14.9. The number of carbonyl (C=O) groups is 1. The summed E-state index contributed by atoms with van der Waals surface area (Å²) in [7, 11) is 0. The highest BCUT2D eigenvalue weighted by molar-refractivity contribution is 5.94. The summed E-state index contributed by atoms with van der Waals surface area (Å²) in [4.78, 5) is 15.9. The Morgan fingerprint density at radius 1 is 1.16 bits per heavy atom. The summed E-state index contributed by atoms with van der Waals surface area (Å²) in [5.41, 5.74) is 6.52. The van der Waals surface area contributed by atoms with Crippen LogP contribution in [-0.4, -0.2) is 30.0 Å². The van der Waals surface area contributed by atoms with E-state index in [1.54, 1.807) is 0 Å². The number of rotatable bonds is 4. The maximum absolute atomic E-state index is 12.4. The molecule has 3 atom stereocenters. The number of fused-ring (bicyclic) bond motifs is 2.